The average Bonchev–Trinajstić information content (AvgIpc) is 2.96. The number of aryl methyl sites for hydroxylation is 1. The van der Waals surface area contributed by atoms with Crippen molar-refractivity contribution < 1.29 is 4.79 Å². The Morgan fingerprint density at radius 3 is 2.64 bits per heavy atom. The van der Waals surface area contributed by atoms with Gasteiger partial charge < -0.3 is 10.6 Å². The molecule has 0 saturated carbocycles. The van der Waals surface area contributed by atoms with Gasteiger partial charge in [-0.15, -0.1) is 36.2 Å². The van der Waals surface area contributed by atoms with E-state index >= 15 is 0 Å². The van der Waals surface area contributed by atoms with E-state index in [0.29, 0.717) is 31.0 Å². The van der Waals surface area contributed by atoms with Crippen molar-refractivity contribution in [2.45, 2.75) is 57.5 Å². The molecule has 22 heavy (non-hydrogen) atoms. The number of aromatic nitrogens is 1. The fraction of sp³-hybridized carbons (Fsp3) is 0.733. The Labute approximate surface area is 148 Å². The van der Waals surface area contributed by atoms with E-state index in [1.807, 2.05) is 6.92 Å². The van der Waals surface area contributed by atoms with Crippen molar-refractivity contribution in [3.63, 3.8) is 0 Å². The summed E-state index contributed by atoms with van der Waals surface area (Å²) in [5.41, 5.74) is 1.09. The maximum atomic E-state index is 12.0. The number of carbonyl (C=O) groups is 1. The molecule has 3 rings (SSSR count). The van der Waals surface area contributed by atoms with Crippen LogP contribution in [0.25, 0.3) is 0 Å². The van der Waals surface area contributed by atoms with E-state index in [1.165, 1.54) is 25.7 Å². The third kappa shape index (κ3) is 5.37. The Morgan fingerprint density at radius 2 is 2.05 bits per heavy atom. The van der Waals surface area contributed by atoms with Gasteiger partial charge in [-0.25, -0.2) is 4.98 Å². The molecular weight excluding hydrogens is 341 g/mol. The molecular formula is C15H25Cl2N3OS. The fourth-order valence-electron chi connectivity index (χ4n) is 3.53. The first kappa shape index (κ1) is 19.7. The highest BCUT2D eigenvalue weighted by Crippen LogP contribution is 2.32. The molecule has 2 atom stereocenters. The summed E-state index contributed by atoms with van der Waals surface area (Å²) >= 11 is 1.67. The molecule has 2 fully saturated rings. The van der Waals surface area contributed by atoms with E-state index in [2.05, 4.69) is 21.0 Å². The van der Waals surface area contributed by atoms with Gasteiger partial charge in [-0.2, -0.15) is 0 Å². The zero-order valence-corrected chi connectivity index (χ0v) is 15.3. The van der Waals surface area contributed by atoms with Crippen molar-refractivity contribution in [2.75, 3.05) is 6.54 Å². The highest BCUT2D eigenvalue weighted by molar-refractivity contribution is 7.09. The predicted molar refractivity (Wildman–Crippen MR) is 95.3 cm³/mol. The van der Waals surface area contributed by atoms with Gasteiger partial charge in [0.2, 0.25) is 5.91 Å². The number of piperidine rings is 1. The number of nitrogens with zero attached hydrogens (tertiary/aromatic N) is 1. The first-order valence-corrected chi connectivity index (χ1v) is 8.51. The van der Waals surface area contributed by atoms with E-state index < -0.39 is 0 Å². The summed E-state index contributed by atoms with van der Waals surface area (Å²) in [4.78, 5) is 16.4. The minimum atomic E-state index is 0. The lowest BCUT2D eigenvalue weighted by atomic mass is 9.89. The minimum absolute atomic E-state index is 0. The van der Waals surface area contributed by atoms with Gasteiger partial charge in [0.15, 0.2) is 0 Å². The molecule has 2 aliphatic rings. The van der Waals surface area contributed by atoms with Crippen molar-refractivity contribution in [3.8, 4) is 0 Å². The van der Waals surface area contributed by atoms with E-state index in [0.717, 1.165) is 17.1 Å². The van der Waals surface area contributed by atoms with Gasteiger partial charge in [-0.3, -0.25) is 4.79 Å². The van der Waals surface area contributed by atoms with Crippen LogP contribution in [0.2, 0.25) is 0 Å². The van der Waals surface area contributed by atoms with Gasteiger partial charge >= 0.3 is 0 Å². The summed E-state index contributed by atoms with van der Waals surface area (Å²) in [6.07, 6.45) is 6.49. The number of hydrogen-bond acceptors (Lipinski definition) is 4. The third-order valence-corrected chi connectivity index (χ3v) is 5.24. The first-order chi connectivity index (χ1) is 9.69. The number of carbonyl (C=O) groups excluding carboxylic acids is 1. The highest BCUT2D eigenvalue weighted by Gasteiger charge is 2.33. The number of rotatable bonds is 5. The summed E-state index contributed by atoms with van der Waals surface area (Å²) < 4.78 is 0. The average molecular weight is 366 g/mol. The predicted octanol–water partition coefficient (Wildman–Crippen LogP) is 2.87. The Bertz CT molecular complexity index is 471. The van der Waals surface area contributed by atoms with E-state index in [1.54, 1.807) is 11.3 Å². The molecule has 3 heterocycles. The maximum absolute atomic E-state index is 12.0. The van der Waals surface area contributed by atoms with Crippen molar-refractivity contribution in [1.29, 1.82) is 0 Å². The molecule has 1 aromatic rings. The standard InChI is InChI=1S/C15H23N3OS.2ClH/c1-10-17-14(9-20-10)4-5-16-15(19)8-11-6-12-2-3-13(7-11)18-12;;/h9,11-13,18H,2-8H2,1H3,(H,16,19);2*1H. The lowest BCUT2D eigenvalue weighted by molar-refractivity contribution is -0.122. The topological polar surface area (TPSA) is 54.0 Å². The van der Waals surface area contributed by atoms with Gasteiger partial charge in [-0.05, 0) is 38.5 Å². The third-order valence-electron chi connectivity index (χ3n) is 4.41. The van der Waals surface area contributed by atoms with Crippen LogP contribution in [0.3, 0.4) is 0 Å². The van der Waals surface area contributed by atoms with Crippen molar-refractivity contribution in [3.05, 3.63) is 16.1 Å². The van der Waals surface area contributed by atoms with Crippen molar-refractivity contribution in [1.82, 2.24) is 15.6 Å². The molecule has 0 aliphatic carbocycles. The van der Waals surface area contributed by atoms with E-state index in [-0.39, 0.29) is 30.7 Å². The normalized spacial score (nSPS) is 26.0. The molecule has 2 saturated heterocycles. The summed E-state index contributed by atoms with van der Waals surface area (Å²) in [5, 5.41) is 9.83. The quantitative estimate of drug-likeness (QED) is 0.843. The second-order valence-electron chi connectivity index (χ2n) is 6.14. The Hall–Kier alpha value is -0.360. The van der Waals surface area contributed by atoms with Crippen LogP contribution in [0.15, 0.2) is 5.38 Å². The lowest BCUT2D eigenvalue weighted by Gasteiger charge is -2.28. The van der Waals surface area contributed by atoms with Gasteiger partial charge in [0, 0.05) is 36.9 Å². The lowest BCUT2D eigenvalue weighted by Crippen LogP contribution is -2.39. The van der Waals surface area contributed by atoms with Crippen LogP contribution in [0.1, 0.15) is 42.8 Å². The summed E-state index contributed by atoms with van der Waals surface area (Å²) in [7, 11) is 0. The largest absolute Gasteiger partial charge is 0.356 e. The van der Waals surface area contributed by atoms with Gasteiger partial charge in [0.05, 0.1) is 10.7 Å². The van der Waals surface area contributed by atoms with Crippen molar-refractivity contribution in [2.24, 2.45) is 5.92 Å². The Morgan fingerprint density at radius 1 is 1.36 bits per heavy atom. The SMILES string of the molecule is Cc1nc(CCNC(=O)CC2CC3CCC(C2)N3)cs1.Cl.Cl. The second kappa shape index (κ2) is 9.06. The van der Waals surface area contributed by atoms with Gasteiger partial charge in [0.1, 0.15) is 0 Å². The molecule has 2 bridgehead atoms. The number of hydrogen-bond donors (Lipinski definition) is 2. The first-order valence-electron chi connectivity index (χ1n) is 7.63. The molecule has 7 heteroatoms. The zero-order valence-electron chi connectivity index (χ0n) is 12.8. The molecule has 126 valence electrons. The number of nitrogens with one attached hydrogen (secondary N) is 2. The Balaban J connectivity index is 0.00000121. The van der Waals surface area contributed by atoms with Crippen LogP contribution in [0.4, 0.5) is 0 Å². The van der Waals surface area contributed by atoms with Gasteiger partial charge in [0.25, 0.3) is 0 Å². The summed E-state index contributed by atoms with van der Waals surface area (Å²) in [6.45, 7) is 2.72. The zero-order chi connectivity index (χ0) is 13.9. The van der Waals surface area contributed by atoms with Crippen LogP contribution in [0, 0.1) is 12.8 Å². The molecule has 4 nitrogen and oxygen atoms in total. The molecule has 0 radical (unpaired) electrons. The van der Waals surface area contributed by atoms with E-state index in [4.69, 9.17) is 0 Å². The number of fused-ring (bicyclic) bond motifs is 2. The summed E-state index contributed by atoms with van der Waals surface area (Å²) in [6, 6.07) is 1.34. The minimum Gasteiger partial charge on any atom is -0.356 e. The summed E-state index contributed by atoms with van der Waals surface area (Å²) in [5.74, 6) is 0.790. The molecule has 2 aliphatic heterocycles. The van der Waals surface area contributed by atoms with Crippen LogP contribution in [-0.2, 0) is 11.2 Å². The van der Waals surface area contributed by atoms with Gasteiger partial charge in [-0.1, -0.05) is 0 Å². The van der Waals surface area contributed by atoms with Crippen molar-refractivity contribution >= 4 is 42.1 Å². The molecule has 2 N–H and O–H groups in total. The Kier molecular flexibility index (Phi) is 8.11. The van der Waals surface area contributed by atoms with Crippen LogP contribution >= 0.6 is 36.2 Å². The molecule has 0 spiro atoms. The molecule has 1 amide bonds. The number of halogens is 2. The van der Waals surface area contributed by atoms with Crippen LogP contribution < -0.4 is 10.6 Å². The molecule has 0 aromatic carbocycles. The fourth-order valence-corrected chi connectivity index (χ4v) is 4.18. The maximum Gasteiger partial charge on any atom is 0.220 e. The molecule has 1 aromatic heterocycles. The van der Waals surface area contributed by atoms with Crippen LogP contribution in [-0.4, -0.2) is 29.5 Å². The molecule has 2 unspecified atom stereocenters. The van der Waals surface area contributed by atoms with Crippen LogP contribution in [0.5, 0.6) is 0 Å². The second-order valence-corrected chi connectivity index (χ2v) is 7.20. The number of thiazole rings is 1. The smallest absolute Gasteiger partial charge is 0.220 e. The number of amides is 1. The highest BCUT2D eigenvalue weighted by atomic mass is 35.5. The van der Waals surface area contributed by atoms with E-state index in [9.17, 15) is 4.79 Å². The monoisotopic (exact) mass is 365 g/mol.